The van der Waals surface area contributed by atoms with Crippen LogP contribution in [0.5, 0.6) is 0 Å². The Balaban J connectivity index is 1.60. The summed E-state index contributed by atoms with van der Waals surface area (Å²) >= 11 is 1.25. The number of imide groups is 1. The predicted octanol–water partition coefficient (Wildman–Crippen LogP) is 4.04. The van der Waals surface area contributed by atoms with E-state index in [2.05, 4.69) is 6.07 Å². The van der Waals surface area contributed by atoms with Gasteiger partial charge in [0, 0.05) is 12.1 Å². The lowest BCUT2D eigenvalue weighted by molar-refractivity contribution is -0.121. The third kappa shape index (κ3) is 3.67. The van der Waals surface area contributed by atoms with Gasteiger partial charge in [0.2, 0.25) is 11.8 Å². The van der Waals surface area contributed by atoms with E-state index >= 15 is 0 Å². The van der Waals surface area contributed by atoms with Crippen LogP contribution in [-0.4, -0.2) is 22.0 Å². The Morgan fingerprint density at radius 3 is 2.57 bits per heavy atom. The first-order valence-corrected chi connectivity index (χ1v) is 10.6. The highest BCUT2D eigenvalue weighted by atomic mass is 32.2. The van der Waals surface area contributed by atoms with Crippen molar-refractivity contribution in [1.82, 2.24) is 4.98 Å². The third-order valence-electron chi connectivity index (χ3n) is 5.26. The van der Waals surface area contributed by atoms with Gasteiger partial charge in [-0.1, -0.05) is 42.8 Å². The Hall–Kier alpha value is -2.65. The maximum absolute atomic E-state index is 12.9. The summed E-state index contributed by atoms with van der Waals surface area (Å²) in [5.74, 6) is -0.447. The summed E-state index contributed by atoms with van der Waals surface area (Å²) < 4.78 is 0. The molecule has 28 heavy (non-hydrogen) atoms. The van der Waals surface area contributed by atoms with Crippen molar-refractivity contribution in [1.29, 1.82) is 5.26 Å². The number of nitriles is 1. The van der Waals surface area contributed by atoms with Gasteiger partial charge in [-0.3, -0.25) is 9.59 Å². The molecule has 6 heteroatoms. The highest BCUT2D eigenvalue weighted by molar-refractivity contribution is 8.00. The van der Waals surface area contributed by atoms with Crippen molar-refractivity contribution >= 4 is 29.3 Å². The molecular formula is C22H21N3O2S. The van der Waals surface area contributed by atoms with Gasteiger partial charge in [-0.05, 0) is 49.4 Å². The van der Waals surface area contributed by atoms with Crippen molar-refractivity contribution in [3.63, 3.8) is 0 Å². The van der Waals surface area contributed by atoms with Crippen molar-refractivity contribution in [3.05, 3.63) is 53.2 Å². The number of aryl methyl sites for hydroxylation is 2. The lowest BCUT2D eigenvalue weighted by Crippen LogP contribution is -2.31. The number of benzene rings is 1. The monoisotopic (exact) mass is 391 g/mol. The number of nitrogens with zero attached hydrogens (tertiary/aromatic N) is 3. The minimum Gasteiger partial charge on any atom is -0.274 e. The van der Waals surface area contributed by atoms with Gasteiger partial charge in [-0.15, -0.1) is 0 Å². The zero-order chi connectivity index (χ0) is 19.5. The van der Waals surface area contributed by atoms with Gasteiger partial charge in [0.05, 0.1) is 16.5 Å². The topological polar surface area (TPSA) is 74.1 Å². The molecule has 0 saturated carbocycles. The summed E-state index contributed by atoms with van der Waals surface area (Å²) in [6, 6.07) is 13.1. The molecule has 1 aromatic carbocycles. The minimum absolute atomic E-state index is 0.127. The molecule has 1 aromatic heterocycles. The average molecular weight is 391 g/mol. The molecule has 1 atom stereocenters. The van der Waals surface area contributed by atoms with Crippen molar-refractivity contribution in [2.75, 3.05) is 4.90 Å². The number of thioether (sulfide) groups is 1. The van der Waals surface area contributed by atoms with Crippen molar-refractivity contribution in [2.45, 2.75) is 55.2 Å². The molecule has 1 aliphatic carbocycles. The van der Waals surface area contributed by atoms with Gasteiger partial charge >= 0.3 is 0 Å². The SMILES string of the molecule is N#Cc1cc2c(nc1S[C@@H]1CC(=O)N(c3ccccc3)C1=O)CCCCCC2. The van der Waals surface area contributed by atoms with Gasteiger partial charge in [0.15, 0.2) is 0 Å². The molecule has 4 rings (SSSR count). The number of amides is 2. The van der Waals surface area contributed by atoms with Gasteiger partial charge < -0.3 is 0 Å². The van der Waals surface area contributed by atoms with E-state index in [1.807, 2.05) is 12.1 Å². The highest BCUT2D eigenvalue weighted by Gasteiger charge is 2.40. The molecule has 2 heterocycles. The first-order chi connectivity index (χ1) is 13.7. The summed E-state index contributed by atoms with van der Waals surface area (Å²) in [6.07, 6.45) is 6.61. The number of para-hydroxylation sites is 1. The number of carbonyl (C=O) groups excluding carboxylic acids is 2. The number of hydrogen-bond acceptors (Lipinski definition) is 5. The van der Waals surface area contributed by atoms with E-state index in [1.165, 1.54) is 29.5 Å². The van der Waals surface area contributed by atoms with Crippen LogP contribution in [0.15, 0.2) is 41.4 Å². The van der Waals surface area contributed by atoms with Crippen LogP contribution in [0.25, 0.3) is 0 Å². The number of rotatable bonds is 3. The fourth-order valence-electron chi connectivity index (χ4n) is 3.82. The molecule has 1 saturated heterocycles. The van der Waals surface area contributed by atoms with Gasteiger partial charge in [-0.2, -0.15) is 5.26 Å². The molecule has 1 fully saturated rings. The molecule has 0 radical (unpaired) electrons. The van der Waals surface area contributed by atoms with Crippen molar-refractivity contribution < 1.29 is 9.59 Å². The zero-order valence-electron chi connectivity index (χ0n) is 15.6. The second kappa shape index (κ2) is 8.15. The predicted molar refractivity (Wildman–Crippen MR) is 108 cm³/mol. The van der Waals surface area contributed by atoms with Crippen LogP contribution in [0.3, 0.4) is 0 Å². The van der Waals surface area contributed by atoms with E-state index in [0.717, 1.165) is 36.9 Å². The molecular weight excluding hydrogens is 370 g/mol. The van der Waals surface area contributed by atoms with E-state index in [1.54, 1.807) is 24.3 Å². The van der Waals surface area contributed by atoms with Crippen LogP contribution in [0.4, 0.5) is 5.69 Å². The van der Waals surface area contributed by atoms with E-state index in [9.17, 15) is 14.9 Å². The average Bonchev–Trinajstić information content (AvgIpc) is 2.96. The molecule has 142 valence electrons. The smallest absolute Gasteiger partial charge is 0.247 e. The van der Waals surface area contributed by atoms with E-state index in [-0.39, 0.29) is 18.2 Å². The van der Waals surface area contributed by atoms with Crippen LogP contribution < -0.4 is 4.90 Å². The van der Waals surface area contributed by atoms with E-state index in [4.69, 9.17) is 4.98 Å². The first kappa shape index (κ1) is 18.7. The van der Waals surface area contributed by atoms with Crippen molar-refractivity contribution in [2.24, 2.45) is 0 Å². The molecule has 1 aliphatic heterocycles. The Bertz CT molecular complexity index is 952. The molecule has 0 bridgehead atoms. The second-order valence-corrected chi connectivity index (χ2v) is 8.38. The summed E-state index contributed by atoms with van der Waals surface area (Å²) in [6.45, 7) is 0. The van der Waals surface area contributed by atoms with Crippen LogP contribution in [0.2, 0.25) is 0 Å². The maximum Gasteiger partial charge on any atom is 0.247 e. The van der Waals surface area contributed by atoms with Gasteiger partial charge in [-0.25, -0.2) is 9.88 Å². The standard InChI is InChI=1S/C22H21N3O2S/c23-14-16-12-15-8-4-1-2-7-11-18(15)24-21(16)28-19-13-20(26)25(22(19)27)17-9-5-3-6-10-17/h3,5-6,9-10,12,19H,1-2,4,7-8,11,13H2/t19-/m1/s1. The lowest BCUT2D eigenvalue weighted by atomic mass is 9.96. The maximum atomic E-state index is 12.9. The number of aromatic nitrogens is 1. The molecule has 0 spiro atoms. The highest BCUT2D eigenvalue weighted by Crippen LogP contribution is 2.35. The number of carbonyl (C=O) groups is 2. The molecule has 0 N–H and O–H groups in total. The summed E-state index contributed by atoms with van der Waals surface area (Å²) in [5, 5.41) is 9.63. The van der Waals surface area contributed by atoms with Crippen LogP contribution in [-0.2, 0) is 22.4 Å². The van der Waals surface area contributed by atoms with Gasteiger partial charge in [0.25, 0.3) is 0 Å². The third-order valence-corrected chi connectivity index (χ3v) is 6.45. The Morgan fingerprint density at radius 1 is 1.07 bits per heavy atom. The van der Waals surface area contributed by atoms with Gasteiger partial charge in [0.1, 0.15) is 11.1 Å². The number of hydrogen-bond donors (Lipinski definition) is 0. The van der Waals surface area contributed by atoms with E-state index < -0.39 is 5.25 Å². The lowest BCUT2D eigenvalue weighted by Gasteiger charge is -2.17. The number of fused-ring (bicyclic) bond motifs is 1. The Labute approximate surface area is 168 Å². The summed E-state index contributed by atoms with van der Waals surface area (Å²) in [5.41, 5.74) is 3.29. The van der Waals surface area contributed by atoms with Crippen LogP contribution in [0.1, 0.15) is 48.9 Å². The van der Waals surface area contributed by atoms with Crippen LogP contribution >= 0.6 is 11.8 Å². The molecule has 2 amide bonds. The first-order valence-electron chi connectivity index (χ1n) is 9.69. The Morgan fingerprint density at radius 2 is 1.82 bits per heavy atom. The van der Waals surface area contributed by atoms with Crippen LogP contribution in [0, 0.1) is 11.3 Å². The second-order valence-electron chi connectivity index (χ2n) is 7.19. The molecule has 2 aliphatic rings. The normalized spacial score (nSPS) is 19.7. The summed E-state index contributed by atoms with van der Waals surface area (Å²) in [7, 11) is 0. The fraction of sp³-hybridized carbons (Fsp3) is 0.364. The number of anilines is 1. The number of pyridine rings is 1. The fourth-order valence-corrected chi connectivity index (χ4v) is 4.91. The Kier molecular flexibility index (Phi) is 5.45. The molecule has 5 nitrogen and oxygen atoms in total. The molecule has 2 aromatic rings. The quantitative estimate of drug-likeness (QED) is 0.739. The van der Waals surface area contributed by atoms with E-state index in [0.29, 0.717) is 16.3 Å². The van der Waals surface area contributed by atoms with Crippen molar-refractivity contribution in [3.8, 4) is 6.07 Å². The zero-order valence-corrected chi connectivity index (χ0v) is 16.4. The summed E-state index contributed by atoms with van der Waals surface area (Å²) in [4.78, 5) is 31.4. The minimum atomic E-state index is -0.543. The largest absolute Gasteiger partial charge is 0.274 e. The molecule has 0 unspecified atom stereocenters.